The molecule has 1 aliphatic heterocycles. The molecule has 0 N–H and O–H groups in total. The molecule has 1 heterocycles. The minimum atomic E-state index is 0.0671. The first-order valence-corrected chi connectivity index (χ1v) is 10.4. The summed E-state index contributed by atoms with van der Waals surface area (Å²) < 4.78 is 0. The first-order chi connectivity index (χ1) is 14.0. The Morgan fingerprint density at radius 1 is 1.24 bits per heavy atom. The fourth-order valence-corrected chi connectivity index (χ4v) is 3.71. The van der Waals surface area contributed by atoms with Crippen LogP contribution in [0, 0.1) is 11.8 Å². The summed E-state index contributed by atoms with van der Waals surface area (Å²) in [5.74, 6) is 0.506. The Balaban J connectivity index is 2.33. The van der Waals surface area contributed by atoms with Gasteiger partial charge in [-0.05, 0) is 73.8 Å². The van der Waals surface area contributed by atoms with Crippen LogP contribution in [0.15, 0.2) is 94.0 Å². The van der Waals surface area contributed by atoms with Gasteiger partial charge in [0.1, 0.15) is 0 Å². The highest BCUT2D eigenvalue weighted by atomic mass is 14.8. The average molecular weight is 387 g/mol. The molecule has 1 aromatic rings. The van der Waals surface area contributed by atoms with Crippen LogP contribution in [0.1, 0.15) is 40.2 Å². The minimum absolute atomic E-state index is 0.0671. The van der Waals surface area contributed by atoms with Crippen LogP contribution in [-0.4, -0.2) is 25.0 Å². The summed E-state index contributed by atoms with van der Waals surface area (Å²) in [7, 11) is 0. The topological polar surface area (TPSA) is 24.7 Å². The lowest BCUT2D eigenvalue weighted by atomic mass is 9.79. The molecule has 2 rings (SSSR count). The van der Waals surface area contributed by atoms with Gasteiger partial charge in [-0.15, -0.1) is 0 Å². The maximum Gasteiger partial charge on any atom is 0.0737 e. The molecule has 1 aromatic carbocycles. The Morgan fingerprint density at radius 2 is 1.97 bits per heavy atom. The third kappa shape index (κ3) is 6.12. The van der Waals surface area contributed by atoms with Crippen molar-refractivity contribution >= 4 is 18.0 Å². The summed E-state index contributed by atoms with van der Waals surface area (Å²) in [6.07, 6.45) is 14.5. The van der Waals surface area contributed by atoms with Gasteiger partial charge in [-0.3, -0.25) is 9.98 Å². The highest BCUT2D eigenvalue weighted by Gasteiger charge is 2.28. The van der Waals surface area contributed by atoms with Crippen LogP contribution in [0.3, 0.4) is 0 Å². The normalized spacial score (nSPS) is 19.8. The van der Waals surface area contributed by atoms with E-state index in [-0.39, 0.29) is 17.9 Å². The number of hydrogen-bond donors (Lipinski definition) is 0. The zero-order valence-corrected chi connectivity index (χ0v) is 18.5. The van der Waals surface area contributed by atoms with Crippen LogP contribution < -0.4 is 0 Å². The van der Waals surface area contributed by atoms with Crippen LogP contribution in [-0.2, 0) is 0 Å². The van der Waals surface area contributed by atoms with Gasteiger partial charge < -0.3 is 0 Å². The molecular weight excluding hydrogens is 352 g/mol. The van der Waals surface area contributed by atoms with E-state index in [2.05, 4.69) is 80.9 Å². The van der Waals surface area contributed by atoms with E-state index in [9.17, 15) is 0 Å². The van der Waals surface area contributed by atoms with Crippen molar-refractivity contribution in [2.75, 3.05) is 6.54 Å². The number of rotatable bonds is 8. The predicted molar refractivity (Wildman–Crippen MR) is 130 cm³/mol. The van der Waals surface area contributed by atoms with E-state index in [1.54, 1.807) is 0 Å². The molecule has 3 atom stereocenters. The standard InChI is InChI=1S/C27H34N2/c1-7-9-13-20(3)25-16-17-29-27(18-21(25)4)26(19-28-8-2)23(6)22(5)24-14-11-10-12-15-24/h7-18,23,26-27H,5,19H2,1-4,6H3/b9-7-,20-13+,28-8?. The molecule has 0 radical (unpaired) electrons. The summed E-state index contributed by atoms with van der Waals surface area (Å²) in [5.41, 5.74) is 6.07. The van der Waals surface area contributed by atoms with Crippen molar-refractivity contribution in [3.05, 3.63) is 89.6 Å². The lowest BCUT2D eigenvalue weighted by Crippen LogP contribution is -2.27. The second-order valence-electron chi connectivity index (χ2n) is 7.56. The van der Waals surface area contributed by atoms with Gasteiger partial charge in [-0.1, -0.05) is 68.1 Å². The molecule has 0 aliphatic carbocycles. The smallest absolute Gasteiger partial charge is 0.0737 e. The SMILES string of the molecule is C=C(c1ccccc1)C(C)C(CN=CC)C1C=C(C)C(/C(C)=C/C=C\C)=CC=N1. The van der Waals surface area contributed by atoms with Gasteiger partial charge in [-0.25, -0.2) is 0 Å². The fourth-order valence-electron chi connectivity index (χ4n) is 3.71. The van der Waals surface area contributed by atoms with Crippen LogP contribution in [0.25, 0.3) is 5.57 Å². The number of nitrogens with zero attached hydrogens (tertiary/aromatic N) is 2. The van der Waals surface area contributed by atoms with E-state index >= 15 is 0 Å². The van der Waals surface area contributed by atoms with E-state index in [4.69, 9.17) is 4.99 Å². The molecular formula is C27H34N2. The van der Waals surface area contributed by atoms with Crippen molar-refractivity contribution in [2.45, 2.75) is 40.7 Å². The van der Waals surface area contributed by atoms with Gasteiger partial charge >= 0.3 is 0 Å². The summed E-state index contributed by atoms with van der Waals surface area (Å²) in [5, 5.41) is 0. The summed E-state index contributed by atoms with van der Waals surface area (Å²) >= 11 is 0. The molecule has 3 unspecified atom stereocenters. The second-order valence-corrected chi connectivity index (χ2v) is 7.56. The number of aliphatic imine (C=N–C) groups is 2. The van der Waals surface area contributed by atoms with Crippen LogP contribution in [0.4, 0.5) is 0 Å². The van der Waals surface area contributed by atoms with Crippen molar-refractivity contribution in [1.82, 2.24) is 0 Å². The summed E-state index contributed by atoms with van der Waals surface area (Å²) in [6.45, 7) is 15.7. The zero-order chi connectivity index (χ0) is 21.2. The third-order valence-corrected chi connectivity index (χ3v) is 5.58. The molecule has 29 heavy (non-hydrogen) atoms. The van der Waals surface area contributed by atoms with Crippen molar-refractivity contribution in [3.63, 3.8) is 0 Å². The van der Waals surface area contributed by atoms with Gasteiger partial charge in [0, 0.05) is 18.7 Å². The van der Waals surface area contributed by atoms with Crippen LogP contribution in [0.2, 0.25) is 0 Å². The molecule has 1 aliphatic rings. The first-order valence-electron chi connectivity index (χ1n) is 10.4. The third-order valence-electron chi connectivity index (χ3n) is 5.58. The quantitative estimate of drug-likeness (QED) is 0.343. The lowest BCUT2D eigenvalue weighted by Gasteiger charge is -2.28. The van der Waals surface area contributed by atoms with Gasteiger partial charge in [0.25, 0.3) is 0 Å². The van der Waals surface area contributed by atoms with Crippen molar-refractivity contribution in [3.8, 4) is 0 Å². The van der Waals surface area contributed by atoms with Gasteiger partial charge in [0.15, 0.2) is 0 Å². The van der Waals surface area contributed by atoms with Crippen molar-refractivity contribution in [1.29, 1.82) is 0 Å². The molecule has 0 amide bonds. The van der Waals surface area contributed by atoms with Crippen molar-refractivity contribution in [2.24, 2.45) is 21.8 Å². The van der Waals surface area contributed by atoms with E-state index in [0.29, 0.717) is 0 Å². The summed E-state index contributed by atoms with van der Waals surface area (Å²) in [4.78, 5) is 9.49. The van der Waals surface area contributed by atoms with Gasteiger partial charge in [0.05, 0.1) is 6.04 Å². The molecule has 0 spiro atoms. The molecule has 0 saturated carbocycles. The summed E-state index contributed by atoms with van der Waals surface area (Å²) in [6, 6.07) is 10.5. The second kappa shape index (κ2) is 11.3. The van der Waals surface area contributed by atoms with Gasteiger partial charge in [-0.2, -0.15) is 0 Å². The number of allylic oxidation sites excluding steroid dienone is 8. The first kappa shape index (κ1) is 22.5. The Bertz CT molecular complexity index is 863. The number of hydrogen-bond acceptors (Lipinski definition) is 2. The predicted octanol–water partition coefficient (Wildman–Crippen LogP) is 6.89. The van der Waals surface area contributed by atoms with E-state index < -0.39 is 0 Å². The minimum Gasteiger partial charge on any atom is -0.297 e. The maximum atomic E-state index is 4.90. The zero-order valence-electron chi connectivity index (χ0n) is 18.5. The van der Waals surface area contributed by atoms with E-state index in [1.807, 2.05) is 38.4 Å². The average Bonchev–Trinajstić information content (AvgIpc) is 2.93. The number of benzene rings is 1. The largest absolute Gasteiger partial charge is 0.297 e. The Kier molecular flexibility index (Phi) is 8.79. The van der Waals surface area contributed by atoms with Crippen LogP contribution in [0.5, 0.6) is 0 Å². The molecule has 0 fully saturated rings. The maximum absolute atomic E-state index is 4.90. The van der Waals surface area contributed by atoms with Crippen molar-refractivity contribution < 1.29 is 0 Å². The highest BCUT2D eigenvalue weighted by molar-refractivity contribution is 5.77. The van der Waals surface area contributed by atoms with E-state index in [1.165, 1.54) is 22.3 Å². The Hall–Kier alpha value is -2.74. The monoisotopic (exact) mass is 386 g/mol. The fraction of sp³-hybridized carbons (Fsp3) is 0.333. The molecule has 152 valence electrons. The lowest BCUT2D eigenvalue weighted by molar-refractivity contribution is 0.404. The Morgan fingerprint density at radius 3 is 2.62 bits per heavy atom. The van der Waals surface area contributed by atoms with Crippen LogP contribution >= 0.6 is 0 Å². The van der Waals surface area contributed by atoms with E-state index in [0.717, 1.165) is 12.1 Å². The van der Waals surface area contributed by atoms with Gasteiger partial charge in [0.2, 0.25) is 0 Å². The molecule has 2 heteroatoms. The molecule has 0 bridgehead atoms. The Labute approximate surface area is 176 Å². The molecule has 0 aromatic heterocycles. The highest BCUT2D eigenvalue weighted by Crippen LogP contribution is 2.33. The molecule has 2 nitrogen and oxygen atoms in total. The molecule has 0 saturated heterocycles.